The Labute approximate surface area is 172 Å². The number of furan rings is 1. The van der Waals surface area contributed by atoms with Crippen molar-refractivity contribution in [3.05, 3.63) is 82.0 Å². The zero-order valence-electron chi connectivity index (χ0n) is 15.9. The van der Waals surface area contributed by atoms with E-state index < -0.39 is 0 Å². The fraction of sp³-hybridized carbons (Fsp3) is 0.190. The van der Waals surface area contributed by atoms with Gasteiger partial charge < -0.3 is 14.9 Å². The number of ether oxygens (including phenoxy) is 1. The molecule has 0 bridgehead atoms. The molecule has 0 aliphatic carbocycles. The smallest absolute Gasteiger partial charge is 0.193 e. The third kappa shape index (κ3) is 4.47. The normalized spacial score (nSPS) is 11.1. The van der Waals surface area contributed by atoms with Crippen molar-refractivity contribution in [2.75, 3.05) is 12.8 Å². The molecule has 0 fully saturated rings. The largest absolute Gasteiger partial charge is 0.449 e. The molecule has 3 N–H and O–H groups in total. The SMILES string of the molecule is COCc1ccc(-c2n[nH]nc2Cc2ccc(Cc3ccc(Cl)o3)cc2)c(N)n1. The molecule has 0 unspecified atom stereocenters. The molecular weight excluding hydrogens is 390 g/mol. The minimum atomic E-state index is 0.402. The van der Waals surface area contributed by atoms with Gasteiger partial charge in [0.1, 0.15) is 17.3 Å². The van der Waals surface area contributed by atoms with E-state index >= 15 is 0 Å². The number of methoxy groups -OCH3 is 1. The lowest BCUT2D eigenvalue weighted by Crippen LogP contribution is -2.01. The van der Waals surface area contributed by atoms with Crippen LogP contribution in [-0.2, 0) is 24.2 Å². The second kappa shape index (κ2) is 8.46. The Hall–Kier alpha value is -3.16. The monoisotopic (exact) mass is 409 g/mol. The molecule has 0 aliphatic rings. The summed E-state index contributed by atoms with van der Waals surface area (Å²) in [6, 6.07) is 15.7. The average molecular weight is 410 g/mol. The summed E-state index contributed by atoms with van der Waals surface area (Å²) < 4.78 is 10.5. The highest BCUT2D eigenvalue weighted by atomic mass is 35.5. The highest BCUT2D eigenvalue weighted by molar-refractivity contribution is 6.28. The van der Waals surface area contributed by atoms with Gasteiger partial charge in [-0.25, -0.2) is 4.98 Å². The number of anilines is 1. The first-order valence-corrected chi connectivity index (χ1v) is 9.46. The molecule has 0 saturated heterocycles. The molecule has 0 saturated carbocycles. The average Bonchev–Trinajstić information content (AvgIpc) is 3.33. The van der Waals surface area contributed by atoms with Gasteiger partial charge >= 0.3 is 0 Å². The first kappa shape index (κ1) is 19.2. The molecule has 0 spiro atoms. The number of aromatic nitrogens is 4. The van der Waals surface area contributed by atoms with Crippen molar-refractivity contribution in [1.29, 1.82) is 0 Å². The third-order valence-corrected chi connectivity index (χ3v) is 4.75. The number of hydrogen-bond donors (Lipinski definition) is 2. The number of nitrogens with zero attached hydrogens (tertiary/aromatic N) is 3. The standard InChI is InChI=1S/C21H20ClN5O2/c1-28-12-15-6-8-17(21(23)24-15)20-18(25-27-26-20)11-14-4-2-13(3-5-14)10-16-7-9-19(22)29-16/h2-9H,10-12H2,1H3,(H2,23,24)(H,25,26,27). The summed E-state index contributed by atoms with van der Waals surface area (Å²) >= 11 is 5.83. The number of halogens is 1. The Balaban J connectivity index is 1.50. The molecule has 1 aromatic carbocycles. The van der Waals surface area contributed by atoms with Gasteiger partial charge in [0.15, 0.2) is 5.22 Å². The van der Waals surface area contributed by atoms with E-state index in [1.807, 2.05) is 18.2 Å². The number of nitrogens with one attached hydrogen (secondary N) is 1. The number of hydrogen-bond acceptors (Lipinski definition) is 6. The van der Waals surface area contributed by atoms with E-state index in [0.717, 1.165) is 33.8 Å². The van der Waals surface area contributed by atoms with Crippen LogP contribution in [0.1, 0.15) is 28.3 Å². The van der Waals surface area contributed by atoms with Crippen molar-refractivity contribution in [2.24, 2.45) is 0 Å². The lowest BCUT2D eigenvalue weighted by atomic mass is 10.0. The predicted molar refractivity (Wildman–Crippen MR) is 111 cm³/mol. The zero-order valence-corrected chi connectivity index (χ0v) is 16.6. The molecule has 148 valence electrons. The van der Waals surface area contributed by atoms with Gasteiger partial charge in [-0.2, -0.15) is 15.4 Å². The van der Waals surface area contributed by atoms with E-state index in [0.29, 0.717) is 36.2 Å². The number of rotatable bonds is 7. The fourth-order valence-electron chi connectivity index (χ4n) is 3.15. The maximum atomic E-state index is 6.13. The van der Waals surface area contributed by atoms with Crippen molar-refractivity contribution in [3.8, 4) is 11.3 Å². The molecule has 0 radical (unpaired) electrons. The van der Waals surface area contributed by atoms with Gasteiger partial charge in [-0.3, -0.25) is 0 Å². The Morgan fingerprint density at radius 3 is 2.41 bits per heavy atom. The number of H-pyrrole nitrogens is 1. The van der Waals surface area contributed by atoms with Gasteiger partial charge in [0, 0.05) is 25.5 Å². The Morgan fingerprint density at radius 2 is 1.76 bits per heavy atom. The number of benzene rings is 1. The van der Waals surface area contributed by atoms with Gasteiger partial charge in [-0.1, -0.05) is 24.3 Å². The van der Waals surface area contributed by atoms with Crippen molar-refractivity contribution >= 4 is 17.4 Å². The van der Waals surface area contributed by atoms with Crippen LogP contribution < -0.4 is 5.73 Å². The lowest BCUT2D eigenvalue weighted by molar-refractivity contribution is 0.181. The van der Waals surface area contributed by atoms with Crippen LogP contribution in [0, 0.1) is 0 Å². The quantitative estimate of drug-likeness (QED) is 0.477. The molecule has 8 heteroatoms. The summed E-state index contributed by atoms with van der Waals surface area (Å²) in [6.07, 6.45) is 1.32. The first-order chi connectivity index (χ1) is 14.1. The molecule has 4 rings (SSSR count). The summed E-state index contributed by atoms with van der Waals surface area (Å²) in [5, 5.41) is 11.7. The summed E-state index contributed by atoms with van der Waals surface area (Å²) in [5.74, 6) is 1.24. The maximum absolute atomic E-state index is 6.13. The van der Waals surface area contributed by atoms with Gasteiger partial charge in [0.2, 0.25) is 0 Å². The number of nitrogen functional groups attached to an aromatic ring is 1. The highest BCUT2D eigenvalue weighted by Crippen LogP contribution is 2.27. The second-order valence-corrected chi connectivity index (χ2v) is 7.04. The van der Waals surface area contributed by atoms with Gasteiger partial charge in [0.25, 0.3) is 0 Å². The van der Waals surface area contributed by atoms with Gasteiger partial charge in [0.05, 0.1) is 18.0 Å². The van der Waals surface area contributed by atoms with E-state index in [-0.39, 0.29) is 0 Å². The minimum absolute atomic E-state index is 0.402. The van der Waals surface area contributed by atoms with Crippen molar-refractivity contribution < 1.29 is 9.15 Å². The molecule has 3 heterocycles. The van der Waals surface area contributed by atoms with E-state index in [1.165, 1.54) is 0 Å². The number of nitrogens with two attached hydrogens (primary N) is 1. The summed E-state index contributed by atoms with van der Waals surface area (Å²) in [7, 11) is 1.62. The van der Waals surface area contributed by atoms with E-state index in [1.54, 1.807) is 13.2 Å². The van der Waals surface area contributed by atoms with E-state index in [2.05, 4.69) is 44.7 Å². The van der Waals surface area contributed by atoms with Crippen LogP contribution >= 0.6 is 11.6 Å². The highest BCUT2D eigenvalue weighted by Gasteiger charge is 2.15. The third-order valence-electron chi connectivity index (χ3n) is 4.55. The van der Waals surface area contributed by atoms with Crippen LogP contribution in [0.25, 0.3) is 11.3 Å². The Morgan fingerprint density at radius 1 is 1.00 bits per heavy atom. The van der Waals surface area contributed by atoms with E-state index in [4.69, 9.17) is 26.5 Å². The van der Waals surface area contributed by atoms with Crippen molar-refractivity contribution in [3.63, 3.8) is 0 Å². The number of pyridine rings is 1. The molecule has 3 aromatic heterocycles. The molecule has 0 aliphatic heterocycles. The van der Waals surface area contributed by atoms with Crippen LogP contribution in [0.2, 0.25) is 5.22 Å². The van der Waals surface area contributed by atoms with Crippen LogP contribution in [0.4, 0.5) is 5.82 Å². The summed E-state index contributed by atoms with van der Waals surface area (Å²) in [5.41, 5.74) is 11.4. The summed E-state index contributed by atoms with van der Waals surface area (Å²) in [6.45, 7) is 0.409. The van der Waals surface area contributed by atoms with Gasteiger partial charge in [-0.15, -0.1) is 0 Å². The summed E-state index contributed by atoms with van der Waals surface area (Å²) in [4.78, 5) is 4.37. The topological polar surface area (TPSA) is 103 Å². The van der Waals surface area contributed by atoms with Crippen LogP contribution in [0.15, 0.2) is 52.9 Å². The Kier molecular flexibility index (Phi) is 5.59. The molecule has 0 atom stereocenters. The van der Waals surface area contributed by atoms with Gasteiger partial charge in [-0.05, 0) is 47.0 Å². The predicted octanol–water partition coefficient (Wildman–Crippen LogP) is 4.02. The molecule has 0 amide bonds. The maximum Gasteiger partial charge on any atom is 0.193 e. The van der Waals surface area contributed by atoms with Crippen molar-refractivity contribution in [2.45, 2.75) is 19.4 Å². The molecule has 7 nitrogen and oxygen atoms in total. The first-order valence-electron chi connectivity index (χ1n) is 9.08. The number of aromatic amines is 1. The zero-order chi connectivity index (χ0) is 20.2. The van der Waals surface area contributed by atoms with Crippen molar-refractivity contribution in [1.82, 2.24) is 20.4 Å². The molecule has 29 heavy (non-hydrogen) atoms. The minimum Gasteiger partial charge on any atom is -0.449 e. The lowest BCUT2D eigenvalue weighted by Gasteiger charge is -2.07. The van der Waals surface area contributed by atoms with Crippen LogP contribution in [-0.4, -0.2) is 27.5 Å². The van der Waals surface area contributed by atoms with Crippen LogP contribution in [0.3, 0.4) is 0 Å². The second-order valence-electron chi connectivity index (χ2n) is 6.66. The molecular formula is C21H20ClN5O2. The fourth-order valence-corrected chi connectivity index (χ4v) is 3.32. The van der Waals surface area contributed by atoms with E-state index in [9.17, 15) is 0 Å². The molecule has 4 aromatic rings. The van der Waals surface area contributed by atoms with Crippen LogP contribution in [0.5, 0.6) is 0 Å². The Bertz CT molecular complexity index is 1100.